The maximum Gasteiger partial charge on any atom is 0.320 e. The number of hydrogen-bond donors (Lipinski definition) is 0. The lowest BCUT2D eigenvalue weighted by Gasteiger charge is -2.37. The van der Waals surface area contributed by atoms with Crippen LogP contribution < -0.4 is 0 Å². The Morgan fingerprint density at radius 3 is 2.33 bits per heavy atom. The van der Waals surface area contributed by atoms with Gasteiger partial charge in [-0.05, 0) is 32.0 Å². The highest BCUT2D eigenvalue weighted by Gasteiger charge is 2.27. The Kier molecular flexibility index (Phi) is 4.74. The number of fused-ring (bicyclic) bond motifs is 1. The van der Waals surface area contributed by atoms with Crippen LogP contribution in [0.4, 0.5) is 4.79 Å². The molecule has 0 bridgehead atoms. The van der Waals surface area contributed by atoms with Crippen LogP contribution in [-0.2, 0) is 0 Å². The lowest BCUT2D eigenvalue weighted by Crippen LogP contribution is -2.54. The van der Waals surface area contributed by atoms with Gasteiger partial charge in [0, 0.05) is 57.2 Å². The summed E-state index contributed by atoms with van der Waals surface area (Å²) in [4.78, 5) is 30.6. The van der Waals surface area contributed by atoms with Gasteiger partial charge in [0.25, 0.3) is 5.91 Å². The van der Waals surface area contributed by atoms with Crippen LogP contribution in [0.3, 0.4) is 0 Å². The topological polar surface area (TPSA) is 48.3 Å². The number of rotatable bonds is 3. The van der Waals surface area contributed by atoms with Gasteiger partial charge < -0.3 is 19.1 Å². The second-order valence-corrected chi connectivity index (χ2v) is 6.00. The minimum Gasteiger partial charge on any atom is -0.335 e. The van der Waals surface area contributed by atoms with Gasteiger partial charge in [-0.3, -0.25) is 4.79 Å². The fourth-order valence-electron chi connectivity index (χ4n) is 3.15. The van der Waals surface area contributed by atoms with E-state index in [-0.39, 0.29) is 11.9 Å². The first kappa shape index (κ1) is 16.4. The Morgan fingerprint density at radius 2 is 1.71 bits per heavy atom. The molecule has 0 spiro atoms. The summed E-state index contributed by atoms with van der Waals surface area (Å²) >= 11 is 0. The Hall–Kier alpha value is -2.50. The van der Waals surface area contributed by atoms with E-state index in [1.807, 2.05) is 69.6 Å². The van der Waals surface area contributed by atoms with Crippen molar-refractivity contribution < 1.29 is 9.59 Å². The van der Waals surface area contributed by atoms with E-state index in [0.717, 1.165) is 5.52 Å². The number of amides is 3. The second-order valence-electron chi connectivity index (χ2n) is 6.00. The molecule has 1 fully saturated rings. The van der Waals surface area contributed by atoms with Gasteiger partial charge in [0.15, 0.2) is 0 Å². The highest BCUT2D eigenvalue weighted by atomic mass is 16.2. The van der Waals surface area contributed by atoms with Crippen molar-refractivity contribution in [2.45, 2.75) is 13.8 Å². The number of hydrogen-bond acceptors (Lipinski definition) is 2. The van der Waals surface area contributed by atoms with Gasteiger partial charge >= 0.3 is 6.03 Å². The minimum absolute atomic E-state index is 0.0358. The molecule has 2 aromatic heterocycles. The van der Waals surface area contributed by atoms with E-state index < -0.39 is 0 Å². The van der Waals surface area contributed by atoms with E-state index in [2.05, 4.69) is 0 Å². The Bertz CT molecular complexity index is 694. The zero-order valence-electron chi connectivity index (χ0n) is 14.3. The molecule has 24 heavy (non-hydrogen) atoms. The quantitative estimate of drug-likeness (QED) is 0.867. The average Bonchev–Trinajstić information content (AvgIpc) is 3.06. The first-order valence-corrected chi connectivity index (χ1v) is 8.54. The summed E-state index contributed by atoms with van der Waals surface area (Å²) in [7, 11) is 0. The van der Waals surface area contributed by atoms with Crippen LogP contribution in [0, 0.1) is 0 Å². The van der Waals surface area contributed by atoms with Crippen LogP contribution in [0.2, 0.25) is 0 Å². The van der Waals surface area contributed by atoms with E-state index in [9.17, 15) is 9.59 Å². The molecule has 0 radical (unpaired) electrons. The van der Waals surface area contributed by atoms with Gasteiger partial charge in [-0.25, -0.2) is 4.79 Å². The zero-order chi connectivity index (χ0) is 17.1. The molecule has 0 N–H and O–H groups in total. The largest absolute Gasteiger partial charge is 0.335 e. The molecule has 0 unspecified atom stereocenters. The van der Waals surface area contributed by atoms with E-state index in [1.54, 1.807) is 0 Å². The fourth-order valence-corrected chi connectivity index (χ4v) is 3.15. The van der Waals surface area contributed by atoms with E-state index in [0.29, 0.717) is 44.8 Å². The SMILES string of the molecule is CCN(CC)C(=O)N1CCN(C(=O)c2cc3ccccn3c2)CC1. The maximum absolute atomic E-state index is 12.7. The van der Waals surface area contributed by atoms with Crippen molar-refractivity contribution in [2.24, 2.45) is 0 Å². The molecule has 1 aliphatic heterocycles. The van der Waals surface area contributed by atoms with Crippen molar-refractivity contribution in [1.29, 1.82) is 0 Å². The Labute approximate surface area is 142 Å². The third-order valence-corrected chi connectivity index (χ3v) is 4.62. The summed E-state index contributed by atoms with van der Waals surface area (Å²) < 4.78 is 1.95. The van der Waals surface area contributed by atoms with Crippen molar-refractivity contribution in [3.8, 4) is 0 Å². The molecule has 1 saturated heterocycles. The third-order valence-electron chi connectivity index (χ3n) is 4.62. The summed E-state index contributed by atoms with van der Waals surface area (Å²) in [6.45, 7) is 7.74. The van der Waals surface area contributed by atoms with Crippen molar-refractivity contribution in [2.75, 3.05) is 39.3 Å². The van der Waals surface area contributed by atoms with Crippen LogP contribution in [0.25, 0.3) is 5.52 Å². The number of pyridine rings is 1. The molecule has 6 nitrogen and oxygen atoms in total. The van der Waals surface area contributed by atoms with Gasteiger partial charge in [0.05, 0.1) is 5.56 Å². The standard InChI is InChI=1S/C18H24N4O2/c1-3-19(4-2)18(24)21-11-9-20(10-12-21)17(23)15-13-16-7-5-6-8-22(16)14-15/h5-8,13-14H,3-4,9-12H2,1-2H3. The number of urea groups is 1. The first-order valence-electron chi connectivity index (χ1n) is 8.54. The summed E-state index contributed by atoms with van der Waals surface area (Å²) in [5.41, 5.74) is 1.71. The lowest BCUT2D eigenvalue weighted by molar-refractivity contribution is 0.0641. The molecule has 3 rings (SSSR count). The monoisotopic (exact) mass is 328 g/mol. The highest BCUT2D eigenvalue weighted by molar-refractivity contribution is 5.95. The van der Waals surface area contributed by atoms with Crippen molar-refractivity contribution in [1.82, 2.24) is 19.1 Å². The Morgan fingerprint density at radius 1 is 1.04 bits per heavy atom. The maximum atomic E-state index is 12.7. The normalized spacial score (nSPS) is 14.9. The molecule has 0 aliphatic carbocycles. The van der Waals surface area contributed by atoms with Crippen LogP contribution >= 0.6 is 0 Å². The minimum atomic E-state index is 0.0358. The van der Waals surface area contributed by atoms with Gasteiger partial charge in [0.1, 0.15) is 0 Å². The van der Waals surface area contributed by atoms with Crippen molar-refractivity contribution in [3.63, 3.8) is 0 Å². The third kappa shape index (κ3) is 3.09. The lowest BCUT2D eigenvalue weighted by atomic mass is 10.2. The first-order chi connectivity index (χ1) is 11.6. The van der Waals surface area contributed by atoms with E-state index in [1.165, 1.54) is 0 Å². The average molecular weight is 328 g/mol. The molecule has 3 heterocycles. The second kappa shape index (κ2) is 6.95. The van der Waals surface area contributed by atoms with E-state index in [4.69, 9.17) is 0 Å². The molecule has 128 valence electrons. The van der Waals surface area contributed by atoms with Crippen molar-refractivity contribution >= 4 is 17.5 Å². The molecule has 3 amide bonds. The predicted molar refractivity (Wildman–Crippen MR) is 93.2 cm³/mol. The van der Waals surface area contributed by atoms with Gasteiger partial charge in [-0.1, -0.05) is 6.07 Å². The fraction of sp³-hybridized carbons (Fsp3) is 0.444. The molecule has 2 aromatic rings. The summed E-state index contributed by atoms with van der Waals surface area (Å²) in [6, 6.07) is 7.87. The molecule has 0 saturated carbocycles. The predicted octanol–water partition coefficient (Wildman–Crippen LogP) is 2.16. The molecule has 0 aromatic carbocycles. The Balaban J connectivity index is 1.64. The molecule has 0 atom stereocenters. The number of aromatic nitrogens is 1. The van der Waals surface area contributed by atoms with Crippen LogP contribution in [0.15, 0.2) is 36.7 Å². The molecule has 6 heteroatoms. The number of carbonyl (C=O) groups excluding carboxylic acids is 2. The number of nitrogens with zero attached hydrogens (tertiary/aromatic N) is 4. The zero-order valence-corrected chi connectivity index (χ0v) is 14.3. The summed E-state index contributed by atoms with van der Waals surface area (Å²) in [5, 5.41) is 0. The highest BCUT2D eigenvalue weighted by Crippen LogP contribution is 2.14. The summed E-state index contributed by atoms with van der Waals surface area (Å²) in [6.07, 6.45) is 3.80. The smallest absolute Gasteiger partial charge is 0.320 e. The number of piperazine rings is 1. The van der Waals surface area contributed by atoms with Crippen LogP contribution in [0.5, 0.6) is 0 Å². The van der Waals surface area contributed by atoms with E-state index >= 15 is 0 Å². The molecule has 1 aliphatic rings. The van der Waals surface area contributed by atoms with Gasteiger partial charge in [-0.15, -0.1) is 0 Å². The van der Waals surface area contributed by atoms with Crippen molar-refractivity contribution in [3.05, 3.63) is 42.2 Å². The number of carbonyl (C=O) groups is 2. The molecular formula is C18H24N4O2. The van der Waals surface area contributed by atoms with Crippen LogP contribution in [-0.4, -0.2) is 70.3 Å². The van der Waals surface area contributed by atoms with Gasteiger partial charge in [0.2, 0.25) is 0 Å². The molecular weight excluding hydrogens is 304 g/mol. The van der Waals surface area contributed by atoms with Crippen LogP contribution in [0.1, 0.15) is 24.2 Å². The summed E-state index contributed by atoms with van der Waals surface area (Å²) in [5.74, 6) is 0.0358. The van der Waals surface area contributed by atoms with Gasteiger partial charge in [-0.2, -0.15) is 0 Å².